The second-order valence-electron chi connectivity index (χ2n) is 4.19. The van der Waals surface area contributed by atoms with E-state index < -0.39 is 10.0 Å². The highest BCUT2D eigenvalue weighted by Gasteiger charge is 2.20. The maximum Gasteiger partial charge on any atom is 0.269 e. The van der Waals surface area contributed by atoms with E-state index in [-0.39, 0.29) is 21.9 Å². The van der Waals surface area contributed by atoms with Crippen LogP contribution in [0.4, 0.5) is 5.13 Å². The number of rotatable bonds is 5. The fourth-order valence-electron chi connectivity index (χ4n) is 1.49. The minimum Gasteiger partial charge on any atom is -0.296 e. The van der Waals surface area contributed by atoms with E-state index in [9.17, 15) is 13.2 Å². The van der Waals surface area contributed by atoms with Crippen LogP contribution >= 0.6 is 11.3 Å². The van der Waals surface area contributed by atoms with E-state index >= 15 is 0 Å². The Balaban J connectivity index is 2.12. The number of nitrogens with one attached hydrogen (secondary N) is 2. The number of nitrogens with zero attached hydrogens (tertiary/aromatic N) is 2. The summed E-state index contributed by atoms with van der Waals surface area (Å²) < 4.78 is 25.6. The van der Waals surface area contributed by atoms with Crippen LogP contribution in [0.15, 0.2) is 28.6 Å². The molecule has 112 valence electrons. The first-order valence-corrected chi connectivity index (χ1v) is 8.43. The topological polar surface area (TPSA) is 101 Å². The van der Waals surface area contributed by atoms with Crippen molar-refractivity contribution in [1.29, 1.82) is 0 Å². The van der Waals surface area contributed by atoms with Crippen molar-refractivity contribution >= 4 is 32.4 Å². The molecule has 1 heterocycles. The third kappa shape index (κ3) is 3.84. The van der Waals surface area contributed by atoms with Crippen LogP contribution in [0.3, 0.4) is 0 Å². The molecule has 21 heavy (non-hydrogen) atoms. The lowest BCUT2D eigenvalue weighted by molar-refractivity contribution is 0.102. The second kappa shape index (κ2) is 6.29. The highest BCUT2D eigenvalue weighted by atomic mass is 32.2. The predicted octanol–water partition coefficient (Wildman–Crippen LogP) is 1.40. The van der Waals surface area contributed by atoms with Crippen molar-refractivity contribution < 1.29 is 13.2 Å². The van der Waals surface area contributed by atoms with Gasteiger partial charge in [-0.2, -0.15) is 0 Å². The molecule has 0 spiro atoms. The molecule has 0 aliphatic carbocycles. The van der Waals surface area contributed by atoms with Crippen LogP contribution in [0.2, 0.25) is 0 Å². The first-order valence-electron chi connectivity index (χ1n) is 6.13. The minimum absolute atomic E-state index is 0.136. The van der Waals surface area contributed by atoms with E-state index in [4.69, 9.17) is 0 Å². The summed E-state index contributed by atoms with van der Waals surface area (Å²) in [6, 6.07) is 7.00. The minimum atomic E-state index is -3.65. The molecule has 0 saturated carbocycles. The number of aromatic nitrogens is 2. The summed E-state index contributed by atoms with van der Waals surface area (Å²) in [5.74, 6) is -0.362. The molecule has 0 aliphatic rings. The molecule has 0 bridgehead atoms. The molecule has 0 atom stereocenters. The molecular formula is C12H14N4O3S2. The molecule has 9 heteroatoms. The molecule has 1 aromatic heterocycles. The van der Waals surface area contributed by atoms with Crippen LogP contribution in [0, 0.1) is 6.92 Å². The summed E-state index contributed by atoms with van der Waals surface area (Å²) in [5, 5.41) is 9.90. The van der Waals surface area contributed by atoms with Crippen LogP contribution < -0.4 is 10.0 Å². The molecular weight excluding hydrogens is 312 g/mol. The van der Waals surface area contributed by atoms with Crippen LogP contribution in [0.1, 0.15) is 22.8 Å². The van der Waals surface area contributed by atoms with Crippen LogP contribution in [-0.4, -0.2) is 31.1 Å². The molecule has 0 saturated heterocycles. The van der Waals surface area contributed by atoms with E-state index in [2.05, 4.69) is 20.2 Å². The van der Waals surface area contributed by atoms with Gasteiger partial charge in [0.15, 0.2) is 0 Å². The molecule has 2 rings (SSSR count). The van der Waals surface area contributed by atoms with Gasteiger partial charge in [-0.1, -0.05) is 36.0 Å². The molecule has 0 radical (unpaired) electrons. The monoisotopic (exact) mass is 326 g/mol. The van der Waals surface area contributed by atoms with Gasteiger partial charge in [-0.15, -0.1) is 10.2 Å². The van der Waals surface area contributed by atoms with Crippen molar-refractivity contribution in [2.45, 2.75) is 18.2 Å². The van der Waals surface area contributed by atoms with Gasteiger partial charge in [0.1, 0.15) is 0 Å². The summed E-state index contributed by atoms with van der Waals surface area (Å²) in [5.41, 5.74) is 1.51. The van der Waals surface area contributed by atoms with Crippen molar-refractivity contribution in [1.82, 2.24) is 14.9 Å². The number of aryl methyl sites for hydroxylation is 1. The highest BCUT2D eigenvalue weighted by Crippen LogP contribution is 2.20. The standard InChI is InChI=1S/C12H14N4O3S2/c1-3-13-21(18,19)12-16-15-11(20-12)14-10(17)9-6-4-8(2)5-7-9/h4-7,13H,3H2,1-2H3,(H,14,15,17). The number of carbonyl (C=O) groups excluding carboxylic acids is 1. The third-order valence-electron chi connectivity index (χ3n) is 2.50. The SMILES string of the molecule is CCNS(=O)(=O)c1nnc(NC(=O)c2ccc(C)cc2)s1. The van der Waals surface area contributed by atoms with Crippen molar-refractivity contribution in [2.75, 3.05) is 11.9 Å². The van der Waals surface area contributed by atoms with Gasteiger partial charge in [0.2, 0.25) is 9.47 Å². The first-order chi connectivity index (χ1) is 9.92. The van der Waals surface area contributed by atoms with Gasteiger partial charge in [-0.05, 0) is 19.1 Å². The lowest BCUT2D eigenvalue weighted by Gasteiger charge is -2.01. The summed E-state index contributed by atoms with van der Waals surface area (Å²) >= 11 is 0.801. The number of carbonyl (C=O) groups is 1. The van der Waals surface area contributed by atoms with Gasteiger partial charge in [-0.3, -0.25) is 10.1 Å². The van der Waals surface area contributed by atoms with Gasteiger partial charge in [0.25, 0.3) is 15.9 Å². The number of hydrogen-bond acceptors (Lipinski definition) is 6. The van der Waals surface area contributed by atoms with Gasteiger partial charge >= 0.3 is 0 Å². The first kappa shape index (κ1) is 15.5. The maximum atomic E-state index is 12.0. The molecule has 1 amide bonds. The zero-order valence-electron chi connectivity index (χ0n) is 11.5. The van der Waals surface area contributed by atoms with Crippen molar-refractivity contribution in [3.63, 3.8) is 0 Å². The number of anilines is 1. The van der Waals surface area contributed by atoms with E-state index in [0.29, 0.717) is 5.56 Å². The smallest absolute Gasteiger partial charge is 0.269 e. The van der Waals surface area contributed by atoms with E-state index in [1.54, 1.807) is 19.1 Å². The summed E-state index contributed by atoms with van der Waals surface area (Å²) in [4.78, 5) is 12.0. The van der Waals surface area contributed by atoms with Crippen molar-refractivity contribution in [2.24, 2.45) is 0 Å². The van der Waals surface area contributed by atoms with E-state index in [0.717, 1.165) is 16.9 Å². The zero-order chi connectivity index (χ0) is 15.5. The molecule has 0 unspecified atom stereocenters. The lowest BCUT2D eigenvalue weighted by atomic mass is 10.1. The maximum absolute atomic E-state index is 12.0. The number of benzene rings is 1. The van der Waals surface area contributed by atoms with E-state index in [1.807, 2.05) is 19.1 Å². The quantitative estimate of drug-likeness (QED) is 0.809. The highest BCUT2D eigenvalue weighted by molar-refractivity contribution is 7.91. The predicted molar refractivity (Wildman–Crippen MR) is 79.9 cm³/mol. The largest absolute Gasteiger partial charge is 0.296 e. The third-order valence-corrected chi connectivity index (χ3v) is 5.26. The van der Waals surface area contributed by atoms with Crippen LogP contribution in [0.25, 0.3) is 0 Å². The van der Waals surface area contributed by atoms with Crippen LogP contribution in [-0.2, 0) is 10.0 Å². The van der Waals surface area contributed by atoms with Gasteiger partial charge < -0.3 is 0 Å². The molecule has 1 aromatic carbocycles. The Morgan fingerprint density at radius 1 is 1.24 bits per heavy atom. The summed E-state index contributed by atoms with van der Waals surface area (Å²) in [6.45, 7) is 3.84. The average molecular weight is 326 g/mol. The molecule has 0 fully saturated rings. The van der Waals surface area contributed by atoms with Gasteiger partial charge in [0.05, 0.1) is 0 Å². The van der Waals surface area contributed by atoms with Gasteiger partial charge in [0, 0.05) is 12.1 Å². The Labute approximate surface area is 126 Å². The van der Waals surface area contributed by atoms with Crippen molar-refractivity contribution in [3.8, 4) is 0 Å². The molecule has 7 nitrogen and oxygen atoms in total. The molecule has 2 N–H and O–H groups in total. The number of hydrogen-bond donors (Lipinski definition) is 2. The fraction of sp³-hybridized carbons (Fsp3) is 0.250. The summed E-state index contributed by atoms with van der Waals surface area (Å²) in [6.07, 6.45) is 0. The normalized spacial score (nSPS) is 11.3. The van der Waals surface area contributed by atoms with Gasteiger partial charge in [-0.25, -0.2) is 13.1 Å². The zero-order valence-corrected chi connectivity index (χ0v) is 13.1. The molecule has 0 aliphatic heterocycles. The summed E-state index contributed by atoms with van der Waals surface area (Å²) in [7, 11) is -3.65. The Bertz CT molecular complexity index is 738. The lowest BCUT2D eigenvalue weighted by Crippen LogP contribution is -2.22. The molecule has 2 aromatic rings. The van der Waals surface area contributed by atoms with E-state index in [1.165, 1.54) is 0 Å². The number of amides is 1. The Kier molecular flexibility index (Phi) is 4.66. The number of sulfonamides is 1. The average Bonchev–Trinajstić information content (AvgIpc) is 2.88. The van der Waals surface area contributed by atoms with Crippen molar-refractivity contribution in [3.05, 3.63) is 35.4 Å². The Hall–Kier alpha value is -1.84. The Morgan fingerprint density at radius 2 is 1.90 bits per heavy atom. The fourth-order valence-corrected chi connectivity index (χ4v) is 3.47. The second-order valence-corrected chi connectivity index (χ2v) is 7.11. The Morgan fingerprint density at radius 3 is 2.52 bits per heavy atom. The van der Waals surface area contributed by atoms with Crippen LogP contribution in [0.5, 0.6) is 0 Å².